The third-order valence-corrected chi connectivity index (χ3v) is 7.65. The first-order chi connectivity index (χ1) is 12.4. The van der Waals surface area contributed by atoms with Crippen molar-refractivity contribution in [1.29, 1.82) is 0 Å². The maximum atomic E-state index is 13.4. The number of hydrogen-bond acceptors (Lipinski definition) is 3. The van der Waals surface area contributed by atoms with E-state index in [0.717, 1.165) is 12.5 Å². The molecule has 0 aromatic heterocycles. The molecule has 3 rings (SSSR count). The highest BCUT2D eigenvalue weighted by Gasteiger charge is 2.30. The summed E-state index contributed by atoms with van der Waals surface area (Å²) < 4.78 is 40.1. The highest BCUT2D eigenvalue weighted by molar-refractivity contribution is 7.89. The molecule has 1 saturated heterocycles. The molecular weight excluding hydrogens is 373 g/mol. The maximum absolute atomic E-state index is 13.4. The van der Waals surface area contributed by atoms with Crippen molar-refractivity contribution in [3.05, 3.63) is 30.1 Å². The molecule has 2 fully saturated rings. The number of piperazine rings is 1. The molecule has 26 heavy (non-hydrogen) atoms. The first-order valence-electron chi connectivity index (χ1n) is 9.19. The van der Waals surface area contributed by atoms with E-state index >= 15 is 0 Å². The molecule has 1 aliphatic heterocycles. The lowest BCUT2D eigenvalue weighted by Gasteiger charge is -2.38. The zero-order valence-electron chi connectivity index (χ0n) is 15.0. The van der Waals surface area contributed by atoms with Gasteiger partial charge in [-0.3, -0.25) is 0 Å². The van der Waals surface area contributed by atoms with Crippen LogP contribution < -0.4 is 5.32 Å². The van der Waals surface area contributed by atoms with Crippen LogP contribution in [0.5, 0.6) is 0 Å². The third-order valence-electron chi connectivity index (χ3n) is 5.38. The van der Waals surface area contributed by atoms with Crippen molar-refractivity contribution >= 4 is 27.4 Å². The Kier molecular flexibility index (Phi) is 6.14. The van der Waals surface area contributed by atoms with E-state index in [1.807, 2.05) is 4.90 Å². The van der Waals surface area contributed by atoms with Gasteiger partial charge < -0.3 is 10.2 Å². The quantitative estimate of drug-likeness (QED) is 0.792. The number of benzene rings is 1. The minimum atomic E-state index is -3.67. The van der Waals surface area contributed by atoms with Crippen molar-refractivity contribution in [1.82, 2.24) is 14.5 Å². The average Bonchev–Trinajstić information content (AvgIpc) is 2.63. The maximum Gasteiger partial charge on any atom is 0.243 e. The molecule has 1 N–H and O–H groups in total. The fraction of sp³-hybridized carbons (Fsp3) is 0.611. The average molecular weight is 400 g/mol. The topological polar surface area (TPSA) is 52.6 Å². The van der Waals surface area contributed by atoms with Gasteiger partial charge in [-0.1, -0.05) is 25.8 Å². The summed E-state index contributed by atoms with van der Waals surface area (Å²) in [4.78, 5) is 2.04. The Morgan fingerprint density at radius 3 is 2.54 bits per heavy atom. The van der Waals surface area contributed by atoms with E-state index < -0.39 is 15.8 Å². The molecule has 8 heteroatoms. The summed E-state index contributed by atoms with van der Waals surface area (Å²) in [6.45, 7) is 4.04. The Morgan fingerprint density at radius 2 is 1.88 bits per heavy atom. The Hall–Kier alpha value is -1.25. The van der Waals surface area contributed by atoms with Crippen LogP contribution in [0.2, 0.25) is 0 Å². The molecule has 1 aromatic carbocycles. The molecule has 1 saturated carbocycles. The van der Waals surface area contributed by atoms with Gasteiger partial charge in [-0.15, -0.1) is 0 Å². The molecule has 0 spiro atoms. The predicted molar refractivity (Wildman–Crippen MR) is 104 cm³/mol. The van der Waals surface area contributed by atoms with Crippen molar-refractivity contribution in [3.8, 4) is 0 Å². The van der Waals surface area contributed by atoms with Crippen LogP contribution in [0, 0.1) is 11.7 Å². The first kappa shape index (κ1) is 19.5. The Bertz CT molecular complexity index is 749. The summed E-state index contributed by atoms with van der Waals surface area (Å²) in [6.07, 6.45) is 4.86. The van der Waals surface area contributed by atoms with Crippen LogP contribution in [0.4, 0.5) is 4.39 Å². The van der Waals surface area contributed by atoms with Crippen LogP contribution in [0.25, 0.3) is 0 Å². The van der Waals surface area contributed by atoms with Gasteiger partial charge in [0.2, 0.25) is 10.0 Å². The smallest absolute Gasteiger partial charge is 0.243 e. The standard InChI is InChI=1S/C18H26FN3O2S2/c1-14-5-2-3-8-17(14)20-18(25)21-9-11-22(12-10-21)26(23,24)16-7-4-6-15(19)13-16/h4,6-7,13-14,17H,2-3,5,8-12H2,1H3,(H,20,25)/t14-,17-/m0/s1. The predicted octanol–water partition coefficient (Wildman–Crippen LogP) is 2.59. The number of hydrogen-bond donors (Lipinski definition) is 1. The van der Waals surface area contributed by atoms with Gasteiger partial charge in [0, 0.05) is 32.2 Å². The summed E-state index contributed by atoms with van der Waals surface area (Å²) in [7, 11) is -3.67. The zero-order valence-corrected chi connectivity index (χ0v) is 16.7. The zero-order chi connectivity index (χ0) is 18.7. The van der Waals surface area contributed by atoms with Crippen LogP contribution >= 0.6 is 12.2 Å². The monoisotopic (exact) mass is 399 g/mol. The fourth-order valence-electron chi connectivity index (χ4n) is 3.69. The molecule has 0 amide bonds. The van der Waals surface area contributed by atoms with Gasteiger partial charge in [-0.05, 0) is 49.2 Å². The molecule has 5 nitrogen and oxygen atoms in total. The molecule has 0 radical (unpaired) electrons. The van der Waals surface area contributed by atoms with E-state index in [4.69, 9.17) is 12.2 Å². The van der Waals surface area contributed by atoms with Crippen LogP contribution in [0.3, 0.4) is 0 Å². The van der Waals surface area contributed by atoms with Gasteiger partial charge >= 0.3 is 0 Å². The lowest BCUT2D eigenvalue weighted by atomic mass is 9.86. The van der Waals surface area contributed by atoms with Crippen molar-refractivity contribution in [2.75, 3.05) is 26.2 Å². The Balaban J connectivity index is 1.57. The molecule has 2 atom stereocenters. The second kappa shape index (κ2) is 8.19. The third kappa shape index (κ3) is 4.35. The fourth-order valence-corrected chi connectivity index (χ4v) is 5.48. The van der Waals surface area contributed by atoms with Crippen molar-refractivity contribution in [2.45, 2.75) is 43.5 Å². The molecule has 1 aliphatic carbocycles. The highest BCUT2D eigenvalue weighted by Crippen LogP contribution is 2.24. The lowest BCUT2D eigenvalue weighted by Crippen LogP contribution is -2.55. The van der Waals surface area contributed by atoms with E-state index in [2.05, 4.69) is 12.2 Å². The van der Waals surface area contributed by atoms with E-state index in [-0.39, 0.29) is 4.90 Å². The van der Waals surface area contributed by atoms with Crippen LogP contribution in [-0.2, 0) is 10.0 Å². The van der Waals surface area contributed by atoms with Gasteiger partial charge in [0.05, 0.1) is 4.90 Å². The highest BCUT2D eigenvalue weighted by atomic mass is 32.2. The molecule has 2 aliphatic rings. The van der Waals surface area contributed by atoms with Gasteiger partial charge in [-0.25, -0.2) is 12.8 Å². The van der Waals surface area contributed by atoms with Crippen molar-refractivity contribution < 1.29 is 12.8 Å². The van der Waals surface area contributed by atoms with Crippen LogP contribution in [0.1, 0.15) is 32.6 Å². The number of sulfonamides is 1. The molecule has 144 valence electrons. The van der Waals surface area contributed by atoms with Crippen molar-refractivity contribution in [3.63, 3.8) is 0 Å². The van der Waals surface area contributed by atoms with Gasteiger partial charge in [0.25, 0.3) is 0 Å². The van der Waals surface area contributed by atoms with Crippen LogP contribution in [0.15, 0.2) is 29.2 Å². The largest absolute Gasteiger partial charge is 0.360 e. The van der Waals surface area contributed by atoms with E-state index in [9.17, 15) is 12.8 Å². The van der Waals surface area contributed by atoms with Gasteiger partial charge in [0.1, 0.15) is 5.82 Å². The number of halogens is 1. The van der Waals surface area contributed by atoms with Crippen LogP contribution in [-0.4, -0.2) is 55.0 Å². The summed E-state index contributed by atoms with van der Waals surface area (Å²) in [5.74, 6) is 0.0630. The number of nitrogens with one attached hydrogen (secondary N) is 1. The van der Waals surface area contributed by atoms with Crippen molar-refractivity contribution in [2.24, 2.45) is 5.92 Å². The summed E-state index contributed by atoms with van der Waals surface area (Å²) in [6, 6.07) is 5.57. The molecular formula is C18H26FN3O2S2. The molecule has 0 unspecified atom stereocenters. The Labute approximate surface area is 160 Å². The first-order valence-corrected chi connectivity index (χ1v) is 11.0. The van der Waals surface area contributed by atoms with Gasteiger partial charge in [-0.2, -0.15) is 4.31 Å². The minimum Gasteiger partial charge on any atom is -0.360 e. The number of rotatable bonds is 3. The summed E-state index contributed by atoms with van der Waals surface area (Å²) in [5, 5.41) is 4.19. The lowest BCUT2D eigenvalue weighted by molar-refractivity contribution is 0.251. The summed E-state index contributed by atoms with van der Waals surface area (Å²) >= 11 is 5.55. The van der Waals surface area contributed by atoms with E-state index in [1.165, 1.54) is 41.8 Å². The molecule has 1 aromatic rings. The number of thiocarbonyl (C=S) groups is 1. The van der Waals surface area contributed by atoms with Gasteiger partial charge in [0.15, 0.2) is 5.11 Å². The Morgan fingerprint density at radius 1 is 1.19 bits per heavy atom. The normalized spacial score (nSPS) is 25.1. The molecule has 1 heterocycles. The second-order valence-electron chi connectivity index (χ2n) is 7.17. The second-order valence-corrected chi connectivity index (χ2v) is 9.49. The minimum absolute atomic E-state index is 0.00248. The van der Waals surface area contributed by atoms with E-state index in [1.54, 1.807) is 0 Å². The SMILES string of the molecule is C[C@H]1CCCC[C@@H]1NC(=S)N1CCN(S(=O)(=O)c2cccc(F)c2)CC1. The number of nitrogens with zero attached hydrogens (tertiary/aromatic N) is 2. The van der Waals surface area contributed by atoms with E-state index in [0.29, 0.717) is 43.3 Å². The molecule has 0 bridgehead atoms. The summed E-state index contributed by atoms with van der Waals surface area (Å²) in [5.41, 5.74) is 0.